The van der Waals surface area contributed by atoms with Gasteiger partial charge in [-0.2, -0.15) is 0 Å². The lowest BCUT2D eigenvalue weighted by Crippen LogP contribution is -1.99. The summed E-state index contributed by atoms with van der Waals surface area (Å²) in [5.41, 5.74) is 1.04. The van der Waals surface area contributed by atoms with Crippen LogP contribution in [0.1, 0.15) is 19.0 Å². The van der Waals surface area contributed by atoms with Crippen molar-refractivity contribution >= 4 is 5.97 Å². The average molecular weight is 279 g/mol. The maximum atomic E-state index is 13.7. The molecule has 2 aromatic rings. The predicted octanol–water partition coefficient (Wildman–Crippen LogP) is 1.82. The molecule has 0 aliphatic carbocycles. The lowest BCUT2D eigenvalue weighted by atomic mass is 10.2. The van der Waals surface area contributed by atoms with E-state index in [-0.39, 0.29) is 18.6 Å². The second-order valence-electron chi connectivity index (χ2n) is 4.10. The molecule has 2 rings (SSSR count). The first-order chi connectivity index (χ1) is 9.60. The van der Waals surface area contributed by atoms with Gasteiger partial charge in [-0.3, -0.25) is 4.79 Å². The average Bonchev–Trinajstić information content (AvgIpc) is 2.88. The first-order valence-electron chi connectivity index (χ1n) is 6.16. The largest absolute Gasteiger partial charge is 0.491 e. The second-order valence-corrected chi connectivity index (χ2v) is 4.10. The van der Waals surface area contributed by atoms with Gasteiger partial charge in [0, 0.05) is 12.5 Å². The van der Waals surface area contributed by atoms with Crippen LogP contribution in [0.15, 0.2) is 24.4 Å². The molecule has 0 saturated heterocycles. The summed E-state index contributed by atoms with van der Waals surface area (Å²) < 4.78 is 20.2. The lowest BCUT2D eigenvalue weighted by Gasteiger charge is -2.06. The Morgan fingerprint density at radius 2 is 2.30 bits per heavy atom. The highest BCUT2D eigenvalue weighted by molar-refractivity contribution is 5.66. The Hall–Kier alpha value is -2.44. The zero-order valence-electron chi connectivity index (χ0n) is 10.9. The van der Waals surface area contributed by atoms with Gasteiger partial charge in [-0.05, 0) is 19.1 Å². The highest BCUT2D eigenvalue weighted by Gasteiger charge is 2.08. The normalized spacial score (nSPS) is 10.5. The summed E-state index contributed by atoms with van der Waals surface area (Å²) in [4.78, 5) is 10.5. The number of ether oxygens (including phenoxy) is 1. The van der Waals surface area contributed by atoms with Crippen LogP contribution in [0, 0.1) is 5.82 Å². The van der Waals surface area contributed by atoms with Gasteiger partial charge in [0.15, 0.2) is 11.6 Å². The highest BCUT2D eigenvalue weighted by Crippen LogP contribution is 2.20. The third kappa shape index (κ3) is 3.31. The number of aromatic nitrogens is 3. The quantitative estimate of drug-likeness (QED) is 0.872. The smallest absolute Gasteiger partial charge is 0.303 e. The minimum Gasteiger partial charge on any atom is -0.491 e. The SMILES string of the molecule is CCOc1ccc(-n2cc(CCC(=O)O)nn2)cc1F. The van der Waals surface area contributed by atoms with Gasteiger partial charge in [0.1, 0.15) is 0 Å². The zero-order chi connectivity index (χ0) is 14.5. The Kier molecular flexibility index (Phi) is 4.29. The molecule has 0 aliphatic heterocycles. The number of carboxylic acid groups (broad SMARTS) is 1. The zero-order valence-corrected chi connectivity index (χ0v) is 10.9. The summed E-state index contributed by atoms with van der Waals surface area (Å²) in [6.07, 6.45) is 1.85. The van der Waals surface area contributed by atoms with Crippen LogP contribution >= 0.6 is 0 Å². The molecule has 0 bridgehead atoms. The van der Waals surface area contributed by atoms with Crippen molar-refractivity contribution in [2.24, 2.45) is 0 Å². The molecule has 1 heterocycles. The van der Waals surface area contributed by atoms with E-state index in [1.165, 1.54) is 16.8 Å². The molecule has 0 aliphatic rings. The third-order valence-electron chi connectivity index (χ3n) is 2.62. The van der Waals surface area contributed by atoms with Crippen LogP contribution in [0.3, 0.4) is 0 Å². The number of hydrogen-bond donors (Lipinski definition) is 1. The summed E-state index contributed by atoms with van der Waals surface area (Å²) in [7, 11) is 0. The third-order valence-corrected chi connectivity index (χ3v) is 2.62. The van der Waals surface area contributed by atoms with Crippen molar-refractivity contribution < 1.29 is 19.0 Å². The molecule has 0 fully saturated rings. The number of aliphatic carboxylic acids is 1. The number of rotatable bonds is 6. The minimum atomic E-state index is -0.897. The number of carboxylic acids is 1. The Labute approximate surface area is 114 Å². The van der Waals surface area contributed by atoms with Crippen molar-refractivity contribution in [1.82, 2.24) is 15.0 Å². The van der Waals surface area contributed by atoms with Gasteiger partial charge in [0.2, 0.25) is 0 Å². The van der Waals surface area contributed by atoms with E-state index in [9.17, 15) is 9.18 Å². The van der Waals surface area contributed by atoms with Crippen molar-refractivity contribution in [3.05, 3.63) is 35.9 Å². The molecule has 0 atom stereocenters. The van der Waals surface area contributed by atoms with Crippen LogP contribution in [0.25, 0.3) is 5.69 Å². The molecule has 1 N–H and O–H groups in total. The lowest BCUT2D eigenvalue weighted by molar-refractivity contribution is -0.136. The van der Waals surface area contributed by atoms with Crippen LogP contribution in [0.4, 0.5) is 4.39 Å². The molecule has 0 saturated carbocycles. The van der Waals surface area contributed by atoms with Crippen LogP contribution in [-0.4, -0.2) is 32.7 Å². The van der Waals surface area contributed by atoms with Crippen LogP contribution < -0.4 is 4.74 Å². The summed E-state index contributed by atoms with van der Waals surface area (Å²) in [5.74, 6) is -1.19. The van der Waals surface area contributed by atoms with Gasteiger partial charge in [0.25, 0.3) is 0 Å². The Bertz CT molecular complexity index is 613. The van der Waals surface area contributed by atoms with Crippen molar-refractivity contribution in [1.29, 1.82) is 0 Å². The fourth-order valence-corrected chi connectivity index (χ4v) is 1.68. The van der Waals surface area contributed by atoms with Gasteiger partial charge < -0.3 is 9.84 Å². The van der Waals surface area contributed by atoms with E-state index < -0.39 is 11.8 Å². The van der Waals surface area contributed by atoms with Crippen LogP contribution in [0.5, 0.6) is 5.75 Å². The van der Waals surface area contributed by atoms with Crippen molar-refractivity contribution in [2.45, 2.75) is 19.8 Å². The second kappa shape index (κ2) is 6.14. The fourth-order valence-electron chi connectivity index (χ4n) is 1.68. The van der Waals surface area contributed by atoms with Gasteiger partial charge in [0.05, 0.1) is 30.6 Å². The molecular formula is C13H14FN3O3. The van der Waals surface area contributed by atoms with Crippen molar-refractivity contribution in [2.75, 3.05) is 6.61 Å². The van der Waals surface area contributed by atoms with E-state index in [4.69, 9.17) is 9.84 Å². The monoisotopic (exact) mass is 279 g/mol. The van der Waals surface area contributed by atoms with E-state index in [2.05, 4.69) is 10.3 Å². The van der Waals surface area contributed by atoms with Crippen LogP contribution in [0.2, 0.25) is 0 Å². The number of hydrogen-bond acceptors (Lipinski definition) is 4. The van der Waals surface area contributed by atoms with E-state index in [0.717, 1.165) is 0 Å². The number of benzene rings is 1. The topological polar surface area (TPSA) is 77.2 Å². The van der Waals surface area contributed by atoms with Gasteiger partial charge >= 0.3 is 5.97 Å². The Balaban J connectivity index is 2.15. The van der Waals surface area contributed by atoms with E-state index >= 15 is 0 Å². The standard InChI is InChI=1S/C13H14FN3O3/c1-2-20-12-5-4-10(7-11(12)14)17-8-9(15-16-17)3-6-13(18)19/h4-5,7-8H,2-3,6H2,1H3,(H,18,19). The molecule has 1 aromatic heterocycles. The molecule has 6 nitrogen and oxygen atoms in total. The maximum Gasteiger partial charge on any atom is 0.303 e. The molecule has 106 valence electrons. The fraction of sp³-hybridized carbons (Fsp3) is 0.308. The first-order valence-corrected chi connectivity index (χ1v) is 6.16. The Morgan fingerprint density at radius 1 is 1.50 bits per heavy atom. The number of carbonyl (C=O) groups is 1. The van der Waals surface area contributed by atoms with E-state index in [0.29, 0.717) is 18.0 Å². The van der Waals surface area contributed by atoms with Crippen molar-refractivity contribution in [3.8, 4) is 11.4 Å². The van der Waals surface area contributed by atoms with Crippen LogP contribution in [-0.2, 0) is 11.2 Å². The molecule has 0 amide bonds. The molecular weight excluding hydrogens is 265 g/mol. The first kappa shape index (κ1) is 14.0. The summed E-state index contributed by atoms with van der Waals surface area (Å²) >= 11 is 0. The minimum absolute atomic E-state index is 0.0175. The number of halogens is 1. The predicted molar refractivity (Wildman–Crippen MR) is 68.4 cm³/mol. The number of nitrogens with zero attached hydrogens (tertiary/aromatic N) is 3. The summed E-state index contributed by atoms with van der Waals surface area (Å²) in [5, 5.41) is 16.3. The molecule has 7 heteroatoms. The molecule has 1 aromatic carbocycles. The summed E-state index contributed by atoms with van der Waals surface area (Å²) in [6.45, 7) is 2.17. The molecule has 0 radical (unpaired) electrons. The van der Waals surface area contributed by atoms with Gasteiger partial charge in [-0.25, -0.2) is 9.07 Å². The van der Waals surface area contributed by atoms with Gasteiger partial charge in [-0.15, -0.1) is 5.10 Å². The van der Waals surface area contributed by atoms with E-state index in [1.54, 1.807) is 19.2 Å². The molecule has 0 spiro atoms. The highest BCUT2D eigenvalue weighted by atomic mass is 19.1. The molecule has 0 unspecified atom stereocenters. The summed E-state index contributed by atoms with van der Waals surface area (Å²) in [6, 6.07) is 4.47. The number of aryl methyl sites for hydroxylation is 1. The molecule has 20 heavy (non-hydrogen) atoms. The Morgan fingerprint density at radius 3 is 2.95 bits per heavy atom. The maximum absolute atomic E-state index is 13.7. The van der Waals surface area contributed by atoms with Gasteiger partial charge in [-0.1, -0.05) is 5.21 Å². The van der Waals surface area contributed by atoms with Crippen molar-refractivity contribution in [3.63, 3.8) is 0 Å². The van der Waals surface area contributed by atoms with E-state index in [1.807, 2.05) is 0 Å².